The van der Waals surface area contributed by atoms with E-state index < -0.39 is 11.7 Å². The predicted molar refractivity (Wildman–Crippen MR) is 132 cm³/mol. The Morgan fingerprint density at radius 1 is 1.09 bits per heavy atom. The molecule has 8 heteroatoms. The molecule has 0 unspecified atom stereocenters. The van der Waals surface area contributed by atoms with Crippen molar-refractivity contribution >= 4 is 17.0 Å². The molecule has 3 aromatic carbocycles. The zero-order valence-electron chi connectivity index (χ0n) is 19.9. The van der Waals surface area contributed by atoms with Gasteiger partial charge in [-0.25, -0.2) is 4.79 Å². The number of hydroxylamine groups is 1. The summed E-state index contributed by atoms with van der Waals surface area (Å²) >= 11 is 0. The molecule has 1 aliphatic rings. The number of carbonyl (C=O) groups is 1. The molecule has 0 spiro atoms. The van der Waals surface area contributed by atoms with Gasteiger partial charge in [0.1, 0.15) is 23.9 Å². The average molecular weight is 474 g/mol. The van der Waals surface area contributed by atoms with Gasteiger partial charge >= 0.3 is 6.09 Å². The number of nitrogens with one attached hydrogen (secondary N) is 2. The standard InChI is InChI=1S/C27H27N3O5/c1-4-6-17-13-18(25-22-11-10-20(32-3)15-23(22)28-29-25)9-12-24(17)34-21-8-5-7-19(14-21)27(2)16-33-30-26(31)35-27/h5,7-15H,4,6,16H2,1-3H3,(H,28,29)(H,30,31)/t27-/m0/s1. The van der Waals surface area contributed by atoms with E-state index in [4.69, 9.17) is 19.0 Å². The Morgan fingerprint density at radius 2 is 1.97 bits per heavy atom. The first kappa shape index (κ1) is 22.7. The van der Waals surface area contributed by atoms with Crippen LogP contribution < -0.4 is 15.0 Å². The molecule has 1 aromatic heterocycles. The molecule has 4 aromatic rings. The summed E-state index contributed by atoms with van der Waals surface area (Å²) in [6.45, 7) is 4.15. The molecule has 35 heavy (non-hydrogen) atoms. The molecule has 0 saturated carbocycles. The minimum Gasteiger partial charge on any atom is -0.497 e. The van der Waals surface area contributed by atoms with Crippen molar-refractivity contribution in [2.24, 2.45) is 0 Å². The Kier molecular flexibility index (Phi) is 6.05. The second-order valence-electron chi connectivity index (χ2n) is 8.70. The summed E-state index contributed by atoms with van der Waals surface area (Å²) in [4.78, 5) is 16.9. The van der Waals surface area contributed by atoms with Crippen LogP contribution in [0.1, 0.15) is 31.4 Å². The lowest BCUT2D eigenvalue weighted by molar-refractivity contribution is -0.126. The lowest BCUT2D eigenvalue weighted by Crippen LogP contribution is -2.45. The molecular formula is C27H27N3O5. The minimum absolute atomic E-state index is 0.196. The summed E-state index contributed by atoms with van der Waals surface area (Å²) < 4.78 is 17.1. The summed E-state index contributed by atoms with van der Waals surface area (Å²) in [6, 6.07) is 19.5. The molecule has 2 N–H and O–H groups in total. The number of aromatic nitrogens is 2. The number of aryl methyl sites for hydroxylation is 1. The summed E-state index contributed by atoms with van der Waals surface area (Å²) in [6.07, 6.45) is 1.21. The van der Waals surface area contributed by atoms with Crippen molar-refractivity contribution in [3.05, 3.63) is 71.8 Å². The smallest absolute Gasteiger partial charge is 0.432 e. The number of rotatable bonds is 7. The lowest BCUT2D eigenvalue weighted by Gasteiger charge is -2.33. The van der Waals surface area contributed by atoms with E-state index >= 15 is 0 Å². The first-order valence-electron chi connectivity index (χ1n) is 11.5. The third-order valence-electron chi connectivity index (χ3n) is 6.12. The van der Waals surface area contributed by atoms with E-state index in [-0.39, 0.29) is 6.61 Å². The van der Waals surface area contributed by atoms with Crippen LogP contribution in [-0.4, -0.2) is 30.0 Å². The topological polar surface area (TPSA) is 94.7 Å². The Morgan fingerprint density at radius 3 is 2.77 bits per heavy atom. The first-order valence-corrected chi connectivity index (χ1v) is 11.5. The highest BCUT2D eigenvalue weighted by molar-refractivity contribution is 5.93. The molecule has 1 atom stereocenters. The zero-order chi connectivity index (χ0) is 24.4. The van der Waals surface area contributed by atoms with E-state index in [1.54, 1.807) is 7.11 Å². The molecule has 0 aliphatic carbocycles. The van der Waals surface area contributed by atoms with Gasteiger partial charge < -0.3 is 14.2 Å². The lowest BCUT2D eigenvalue weighted by atomic mass is 9.96. The van der Waals surface area contributed by atoms with Crippen LogP contribution in [0, 0.1) is 0 Å². The number of hydrogen-bond acceptors (Lipinski definition) is 6. The fraction of sp³-hybridized carbons (Fsp3) is 0.259. The Hall–Kier alpha value is -4.04. The highest BCUT2D eigenvalue weighted by Gasteiger charge is 2.36. The van der Waals surface area contributed by atoms with Crippen molar-refractivity contribution in [1.82, 2.24) is 15.7 Å². The van der Waals surface area contributed by atoms with Crippen molar-refractivity contribution < 1.29 is 23.8 Å². The van der Waals surface area contributed by atoms with Crippen LogP contribution in [0.4, 0.5) is 4.79 Å². The quantitative estimate of drug-likeness (QED) is 0.349. The average Bonchev–Trinajstić information content (AvgIpc) is 3.28. The zero-order valence-corrected chi connectivity index (χ0v) is 19.9. The maximum absolute atomic E-state index is 11.7. The molecule has 1 fully saturated rings. The number of amides is 1. The number of methoxy groups -OCH3 is 1. The van der Waals surface area contributed by atoms with Crippen molar-refractivity contribution in [2.75, 3.05) is 13.7 Å². The van der Waals surface area contributed by atoms with E-state index in [0.717, 1.165) is 57.6 Å². The molecule has 1 aliphatic heterocycles. The Balaban J connectivity index is 1.45. The first-order chi connectivity index (χ1) is 17.0. The van der Waals surface area contributed by atoms with Gasteiger partial charge in [-0.15, -0.1) is 0 Å². The van der Waals surface area contributed by atoms with Gasteiger partial charge in [-0.3, -0.25) is 9.94 Å². The SMILES string of the molecule is CCCc1cc(-c2n[nH]c3cc(OC)ccc23)ccc1Oc1cccc([C@]2(C)CONC(=O)O2)c1. The maximum atomic E-state index is 11.7. The highest BCUT2D eigenvalue weighted by Crippen LogP contribution is 2.36. The Labute approximate surface area is 203 Å². The van der Waals surface area contributed by atoms with Gasteiger partial charge in [0, 0.05) is 22.6 Å². The molecule has 180 valence electrons. The molecular weight excluding hydrogens is 446 g/mol. The maximum Gasteiger partial charge on any atom is 0.432 e. The summed E-state index contributed by atoms with van der Waals surface area (Å²) in [5.41, 5.74) is 6.00. The molecule has 5 rings (SSSR count). The number of nitrogens with zero attached hydrogens (tertiary/aromatic N) is 1. The third-order valence-corrected chi connectivity index (χ3v) is 6.12. The number of ether oxygens (including phenoxy) is 3. The fourth-order valence-electron chi connectivity index (χ4n) is 4.28. The van der Waals surface area contributed by atoms with Gasteiger partial charge in [0.15, 0.2) is 5.60 Å². The number of cyclic esters (lactones) is 1. The molecule has 8 nitrogen and oxygen atoms in total. The summed E-state index contributed by atoms with van der Waals surface area (Å²) in [5.74, 6) is 2.21. The van der Waals surface area contributed by atoms with Crippen LogP contribution in [0.25, 0.3) is 22.2 Å². The van der Waals surface area contributed by atoms with E-state index in [1.807, 2.05) is 61.5 Å². The van der Waals surface area contributed by atoms with Crippen LogP contribution >= 0.6 is 0 Å². The van der Waals surface area contributed by atoms with Crippen LogP contribution in [0.5, 0.6) is 17.2 Å². The molecule has 0 bridgehead atoms. The summed E-state index contributed by atoms with van der Waals surface area (Å²) in [5, 5.41) is 8.68. The van der Waals surface area contributed by atoms with Gasteiger partial charge in [0.05, 0.1) is 18.3 Å². The van der Waals surface area contributed by atoms with E-state index in [9.17, 15) is 4.79 Å². The van der Waals surface area contributed by atoms with Crippen LogP contribution in [0.2, 0.25) is 0 Å². The number of benzene rings is 3. The number of hydrogen-bond donors (Lipinski definition) is 2. The van der Waals surface area contributed by atoms with Gasteiger partial charge in [-0.2, -0.15) is 10.6 Å². The third kappa shape index (κ3) is 4.52. The second-order valence-corrected chi connectivity index (χ2v) is 8.70. The number of aromatic amines is 1. The minimum atomic E-state index is -0.901. The van der Waals surface area contributed by atoms with E-state index in [2.05, 4.69) is 28.7 Å². The molecule has 1 saturated heterocycles. The molecule has 2 heterocycles. The number of fused-ring (bicyclic) bond motifs is 1. The predicted octanol–water partition coefficient (Wildman–Crippen LogP) is 5.87. The number of H-pyrrole nitrogens is 1. The molecule has 0 radical (unpaired) electrons. The van der Waals surface area contributed by atoms with Crippen LogP contribution in [0.15, 0.2) is 60.7 Å². The van der Waals surface area contributed by atoms with Gasteiger partial charge in [0.2, 0.25) is 0 Å². The van der Waals surface area contributed by atoms with Gasteiger partial charge in [-0.1, -0.05) is 25.5 Å². The summed E-state index contributed by atoms with van der Waals surface area (Å²) in [7, 11) is 1.65. The normalized spacial score (nSPS) is 17.6. The highest BCUT2D eigenvalue weighted by atomic mass is 16.7. The monoisotopic (exact) mass is 473 g/mol. The van der Waals surface area contributed by atoms with Crippen LogP contribution in [0.3, 0.4) is 0 Å². The van der Waals surface area contributed by atoms with E-state index in [1.165, 1.54) is 0 Å². The molecule has 1 amide bonds. The Bertz CT molecular complexity index is 1380. The van der Waals surface area contributed by atoms with Gasteiger partial charge in [0.25, 0.3) is 0 Å². The van der Waals surface area contributed by atoms with Crippen molar-refractivity contribution in [3.63, 3.8) is 0 Å². The van der Waals surface area contributed by atoms with Crippen LogP contribution in [-0.2, 0) is 21.6 Å². The van der Waals surface area contributed by atoms with Crippen molar-refractivity contribution in [2.45, 2.75) is 32.3 Å². The van der Waals surface area contributed by atoms with Crippen molar-refractivity contribution in [1.29, 1.82) is 0 Å². The number of carbonyl (C=O) groups excluding carboxylic acids is 1. The largest absolute Gasteiger partial charge is 0.497 e. The van der Waals surface area contributed by atoms with Gasteiger partial charge in [-0.05, 0) is 61.4 Å². The fourth-order valence-corrected chi connectivity index (χ4v) is 4.28. The van der Waals surface area contributed by atoms with Crippen molar-refractivity contribution in [3.8, 4) is 28.5 Å². The van der Waals surface area contributed by atoms with E-state index in [0.29, 0.717) is 5.75 Å². The second kappa shape index (κ2) is 9.31.